The van der Waals surface area contributed by atoms with Gasteiger partial charge in [-0.25, -0.2) is 19.6 Å². The van der Waals surface area contributed by atoms with Crippen LogP contribution in [0, 0.1) is 13.8 Å². The highest BCUT2D eigenvalue weighted by atomic mass is 16.5. The molecule has 0 spiro atoms. The number of fused-ring (bicyclic) bond motifs is 1. The van der Waals surface area contributed by atoms with Crippen molar-refractivity contribution in [1.29, 1.82) is 0 Å². The number of piperazine rings is 1. The number of anilines is 1. The Hall–Kier alpha value is -4.24. The molecule has 37 heavy (non-hydrogen) atoms. The van der Waals surface area contributed by atoms with Crippen LogP contribution in [0.2, 0.25) is 0 Å². The molecule has 5 rings (SSSR count). The van der Waals surface area contributed by atoms with Crippen LogP contribution in [-0.4, -0.2) is 69.6 Å². The number of methoxy groups -OCH3 is 1. The zero-order chi connectivity index (χ0) is 25.9. The van der Waals surface area contributed by atoms with E-state index in [9.17, 15) is 9.59 Å². The Kier molecular flexibility index (Phi) is 6.87. The van der Waals surface area contributed by atoms with Gasteiger partial charge >= 0.3 is 12.0 Å². The van der Waals surface area contributed by atoms with Crippen molar-refractivity contribution in [2.45, 2.75) is 20.4 Å². The number of carbonyl (C=O) groups excluding carboxylic acids is 2. The summed E-state index contributed by atoms with van der Waals surface area (Å²) in [6, 6.07) is 17.0. The maximum absolute atomic E-state index is 12.9. The topological polar surface area (TPSA) is 92.6 Å². The van der Waals surface area contributed by atoms with Crippen LogP contribution < -0.4 is 5.32 Å². The molecular formula is C28H30N6O3. The van der Waals surface area contributed by atoms with Gasteiger partial charge in [-0.05, 0) is 61.4 Å². The molecule has 0 saturated carbocycles. The third-order valence-electron chi connectivity index (χ3n) is 6.55. The molecule has 0 radical (unpaired) electrons. The van der Waals surface area contributed by atoms with Crippen LogP contribution in [0.1, 0.15) is 27.3 Å². The first-order valence-electron chi connectivity index (χ1n) is 12.3. The van der Waals surface area contributed by atoms with Gasteiger partial charge in [0.15, 0.2) is 5.65 Å². The molecule has 9 nitrogen and oxygen atoms in total. The molecule has 9 heteroatoms. The summed E-state index contributed by atoms with van der Waals surface area (Å²) in [4.78, 5) is 38.6. The van der Waals surface area contributed by atoms with Crippen molar-refractivity contribution < 1.29 is 14.3 Å². The van der Waals surface area contributed by atoms with Crippen molar-refractivity contribution in [3.8, 4) is 5.69 Å². The largest absolute Gasteiger partial charge is 0.465 e. The molecule has 3 heterocycles. The average molecular weight is 499 g/mol. The Morgan fingerprint density at radius 2 is 1.70 bits per heavy atom. The smallest absolute Gasteiger partial charge is 0.339 e. The number of ether oxygens (including phenoxy) is 1. The highest BCUT2D eigenvalue weighted by Gasteiger charge is 2.24. The summed E-state index contributed by atoms with van der Waals surface area (Å²) in [5.74, 6) is 0.436. The van der Waals surface area contributed by atoms with E-state index in [0.29, 0.717) is 44.0 Å². The number of aromatic nitrogens is 3. The molecule has 2 aromatic heterocycles. The number of nitrogens with zero attached hydrogens (tertiary/aromatic N) is 5. The second-order valence-corrected chi connectivity index (χ2v) is 9.29. The van der Waals surface area contributed by atoms with Gasteiger partial charge in [0.25, 0.3) is 0 Å². The Balaban J connectivity index is 1.30. The monoisotopic (exact) mass is 498 g/mol. The number of rotatable bonds is 5. The van der Waals surface area contributed by atoms with Gasteiger partial charge in [-0.1, -0.05) is 18.2 Å². The van der Waals surface area contributed by atoms with Crippen molar-refractivity contribution in [1.82, 2.24) is 24.3 Å². The van der Waals surface area contributed by atoms with Crippen molar-refractivity contribution in [3.05, 3.63) is 83.3 Å². The highest BCUT2D eigenvalue weighted by Crippen LogP contribution is 2.23. The molecule has 0 unspecified atom stereocenters. The SMILES string of the molecule is COC(=O)c1ccccc1NC(=O)N1CCN(Cc2nc3cccnc3n2-c2cc(C)cc(C)c2)CC1. The van der Waals surface area contributed by atoms with Crippen LogP contribution in [0.4, 0.5) is 10.5 Å². The average Bonchev–Trinajstić information content (AvgIpc) is 3.26. The second kappa shape index (κ2) is 10.4. The lowest BCUT2D eigenvalue weighted by Gasteiger charge is -2.34. The van der Waals surface area contributed by atoms with Gasteiger partial charge in [0.1, 0.15) is 11.3 Å². The summed E-state index contributed by atoms with van der Waals surface area (Å²) in [5, 5.41) is 2.86. The van der Waals surface area contributed by atoms with E-state index in [1.54, 1.807) is 35.4 Å². The fourth-order valence-corrected chi connectivity index (χ4v) is 4.80. The molecule has 0 bridgehead atoms. The van der Waals surface area contributed by atoms with E-state index < -0.39 is 5.97 Å². The standard InChI is InChI=1S/C28H30N6O3/c1-19-15-20(2)17-21(16-19)34-25(30-24-9-6-10-29-26(24)34)18-32-11-13-33(14-12-32)28(36)31-23-8-5-4-7-22(23)27(35)37-3/h4-10,15-17H,11-14,18H2,1-3H3,(H,31,36). The van der Waals surface area contributed by atoms with E-state index in [1.165, 1.54) is 18.2 Å². The molecule has 4 aromatic rings. The molecule has 1 fully saturated rings. The number of esters is 1. The van der Waals surface area contributed by atoms with Gasteiger partial charge in [0.05, 0.1) is 24.9 Å². The van der Waals surface area contributed by atoms with Crippen molar-refractivity contribution in [2.24, 2.45) is 0 Å². The van der Waals surface area contributed by atoms with Gasteiger partial charge in [-0.2, -0.15) is 0 Å². The minimum Gasteiger partial charge on any atom is -0.465 e. The predicted molar refractivity (Wildman–Crippen MR) is 142 cm³/mol. The van der Waals surface area contributed by atoms with Crippen LogP contribution in [0.3, 0.4) is 0 Å². The number of para-hydroxylation sites is 1. The van der Waals surface area contributed by atoms with Crippen LogP contribution in [0.15, 0.2) is 60.8 Å². The minimum atomic E-state index is -0.484. The van der Waals surface area contributed by atoms with E-state index in [4.69, 9.17) is 9.72 Å². The predicted octanol–water partition coefficient (Wildman–Crippen LogP) is 4.17. The number of aryl methyl sites for hydroxylation is 2. The summed E-state index contributed by atoms with van der Waals surface area (Å²) in [6.07, 6.45) is 1.79. The van der Waals surface area contributed by atoms with Crippen LogP contribution in [-0.2, 0) is 11.3 Å². The maximum Gasteiger partial charge on any atom is 0.339 e. The van der Waals surface area contributed by atoms with Gasteiger partial charge in [-0.3, -0.25) is 9.47 Å². The van der Waals surface area contributed by atoms with Crippen LogP contribution >= 0.6 is 0 Å². The Morgan fingerprint density at radius 1 is 0.973 bits per heavy atom. The molecular weight excluding hydrogens is 468 g/mol. The number of amides is 2. The Bertz CT molecular complexity index is 1440. The third kappa shape index (κ3) is 5.17. The second-order valence-electron chi connectivity index (χ2n) is 9.29. The first-order chi connectivity index (χ1) is 17.9. The first-order valence-corrected chi connectivity index (χ1v) is 12.3. The number of pyridine rings is 1. The lowest BCUT2D eigenvalue weighted by Crippen LogP contribution is -2.49. The molecule has 190 valence electrons. The lowest BCUT2D eigenvalue weighted by molar-refractivity contribution is 0.0602. The molecule has 1 aliphatic rings. The zero-order valence-electron chi connectivity index (χ0n) is 21.3. The maximum atomic E-state index is 12.9. The zero-order valence-corrected chi connectivity index (χ0v) is 21.3. The molecule has 0 aliphatic carbocycles. The number of carbonyl (C=O) groups is 2. The Morgan fingerprint density at radius 3 is 2.43 bits per heavy atom. The van der Waals surface area contributed by atoms with Crippen molar-refractivity contribution >= 4 is 28.9 Å². The van der Waals surface area contributed by atoms with Gasteiger partial charge in [0.2, 0.25) is 0 Å². The van der Waals surface area contributed by atoms with Gasteiger partial charge in [-0.15, -0.1) is 0 Å². The summed E-state index contributed by atoms with van der Waals surface area (Å²) < 4.78 is 6.97. The summed E-state index contributed by atoms with van der Waals surface area (Å²) in [6.45, 7) is 7.37. The normalized spacial score (nSPS) is 14.1. The fraction of sp³-hybridized carbons (Fsp3) is 0.286. The number of hydrogen-bond acceptors (Lipinski definition) is 6. The lowest BCUT2D eigenvalue weighted by atomic mass is 10.1. The van der Waals surface area contributed by atoms with E-state index in [-0.39, 0.29) is 6.03 Å². The molecule has 2 amide bonds. The van der Waals surface area contributed by atoms with E-state index in [1.807, 2.05) is 12.1 Å². The van der Waals surface area contributed by atoms with Crippen LogP contribution in [0.25, 0.3) is 16.9 Å². The van der Waals surface area contributed by atoms with E-state index in [2.05, 4.69) is 51.8 Å². The molecule has 1 saturated heterocycles. The summed E-state index contributed by atoms with van der Waals surface area (Å²) in [7, 11) is 1.32. The number of nitrogens with one attached hydrogen (secondary N) is 1. The van der Waals surface area contributed by atoms with E-state index >= 15 is 0 Å². The number of hydrogen-bond donors (Lipinski definition) is 1. The third-order valence-corrected chi connectivity index (χ3v) is 6.55. The number of benzene rings is 2. The fourth-order valence-electron chi connectivity index (χ4n) is 4.80. The first kappa shape index (κ1) is 24.5. The highest BCUT2D eigenvalue weighted by molar-refractivity contribution is 6.00. The number of imidazole rings is 1. The van der Waals surface area contributed by atoms with Crippen molar-refractivity contribution in [2.75, 3.05) is 38.6 Å². The number of urea groups is 1. The van der Waals surface area contributed by atoms with Gasteiger partial charge < -0.3 is 15.0 Å². The van der Waals surface area contributed by atoms with E-state index in [0.717, 1.165) is 22.7 Å². The molecule has 1 N–H and O–H groups in total. The quantitative estimate of drug-likeness (QED) is 0.415. The van der Waals surface area contributed by atoms with Gasteiger partial charge in [0, 0.05) is 38.1 Å². The summed E-state index contributed by atoms with van der Waals surface area (Å²) in [5.41, 5.74) is 5.89. The molecule has 0 atom stereocenters. The van der Waals surface area contributed by atoms with Crippen molar-refractivity contribution in [3.63, 3.8) is 0 Å². The molecule has 1 aliphatic heterocycles. The minimum absolute atomic E-state index is 0.234. The van der Waals surface area contributed by atoms with Crippen LogP contribution in [0.5, 0.6) is 0 Å². The molecule has 2 aromatic carbocycles. The summed E-state index contributed by atoms with van der Waals surface area (Å²) >= 11 is 0. The Labute approximate surface area is 215 Å².